The van der Waals surface area contributed by atoms with Gasteiger partial charge in [0.25, 0.3) is 0 Å². The molecule has 0 aliphatic carbocycles. The molecule has 1 heterocycles. The topological polar surface area (TPSA) is 38.3 Å². The molecule has 116 valence electrons. The molecule has 1 fully saturated rings. The van der Waals surface area contributed by atoms with Crippen LogP contribution in [0.15, 0.2) is 12.1 Å². The van der Waals surface area contributed by atoms with E-state index in [1.807, 2.05) is 32.9 Å². The normalized spacial score (nSPS) is 18.5. The third-order valence-corrected chi connectivity index (χ3v) is 3.98. The Bertz CT molecular complexity index is 514. The van der Waals surface area contributed by atoms with Crippen molar-refractivity contribution >= 4 is 5.78 Å². The fraction of sp³-hybridized carbons (Fsp3) is 0.611. The van der Waals surface area contributed by atoms with Crippen molar-refractivity contribution in [2.24, 2.45) is 0 Å². The van der Waals surface area contributed by atoms with Crippen LogP contribution in [0.25, 0.3) is 0 Å². The molecule has 1 N–H and O–H groups in total. The third-order valence-electron chi connectivity index (χ3n) is 3.98. The molecule has 0 spiro atoms. The van der Waals surface area contributed by atoms with Crippen LogP contribution < -0.4 is 10.1 Å². The summed E-state index contributed by atoms with van der Waals surface area (Å²) in [5.41, 5.74) is 2.97. The van der Waals surface area contributed by atoms with Gasteiger partial charge in [-0.05, 0) is 69.3 Å². The minimum Gasteiger partial charge on any atom is -0.491 e. The van der Waals surface area contributed by atoms with E-state index in [0.717, 1.165) is 41.8 Å². The minimum absolute atomic E-state index is 0.0134. The molecule has 0 saturated carbocycles. The summed E-state index contributed by atoms with van der Waals surface area (Å²) in [7, 11) is 0. The van der Waals surface area contributed by atoms with Gasteiger partial charge < -0.3 is 10.1 Å². The summed E-state index contributed by atoms with van der Waals surface area (Å²) in [6.07, 6.45) is 2.17. The summed E-state index contributed by atoms with van der Waals surface area (Å²) in [4.78, 5) is 12.7. The molecule has 1 saturated heterocycles. The Labute approximate surface area is 128 Å². The van der Waals surface area contributed by atoms with E-state index in [9.17, 15) is 4.79 Å². The Hall–Kier alpha value is -1.35. The lowest BCUT2D eigenvalue weighted by Crippen LogP contribution is -2.31. The largest absolute Gasteiger partial charge is 0.491 e. The van der Waals surface area contributed by atoms with Crippen molar-refractivity contribution in [3.63, 3.8) is 0 Å². The second kappa shape index (κ2) is 6.61. The zero-order chi connectivity index (χ0) is 15.6. The van der Waals surface area contributed by atoms with Gasteiger partial charge in [-0.2, -0.15) is 0 Å². The molecule has 0 radical (unpaired) electrons. The van der Waals surface area contributed by atoms with E-state index >= 15 is 0 Å². The zero-order valence-electron chi connectivity index (χ0n) is 13.8. The smallest absolute Gasteiger partial charge is 0.180 e. The maximum absolute atomic E-state index is 12.7. The van der Waals surface area contributed by atoms with Gasteiger partial charge in [0.15, 0.2) is 5.78 Å². The molecule has 21 heavy (non-hydrogen) atoms. The number of aryl methyl sites for hydroxylation is 1. The average Bonchev–Trinajstić information content (AvgIpc) is 2.90. The minimum atomic E-state index is -0.0134. The monoisotopic (exact) mass is 289 g/mol. The summed E-state index contributed by atoms with van der Waals surface area (Å²) in [5.74, 6) is 1.47. The Kier molecular flexibility index (Phi) is 5.04. The fourth-order valence-electron chi connectivity index (χ4n) is 2.87. The molecule has 1 unspecified atom stereocenters. The molecular weight excluding hydrogens is 262 g/mol. The first kappa shape index (κ1) is 16.0. The van der Waals surface area contributed by atoms with Gasteiger partial charge in [-0.15, -0.1) is 0 Å². The maximum atomic E-state index is 12.7. The Balaban J connectivity index is 2.38. The molecule has 0 amide bonds. The molecule has 1 aromatic carbocycles. The van der Waals surface area contributed by atoms with Gasteiger partial charge in [0.2, 0.25) is 0 Å². The maximum Gasteiger partial charge on any atom is 0.180 e. The Morgan fingerprint density at radius 3 is 2.52 bits per heavy atom. The second-order valence-electron chi connectivity index (χ2n) is 6.54. The summed E-state index contributed by atoms with van der Waals surface area (Å²) >= 11 is 0. The van der Waals surface area contributed by atoms with E-state index in [2.05, 4.69) is 19.2 Å². The average molecular weight is 289 g/mol. The van der Waals surface area contributed by atoms with E-state index in [1.54, 1.807) is 0 Å². The van der Waals surface area contributed by atoms with Gasteiger partial charge in [0.05, 0.1) is 12.1 Å². The summed E-state index contributed by atoms with van der Waals surface area (Å²) < 4.78 is 5.92. The van der Waals surface area contributed by atoms with Crippen LogP contribution in [0.5, 0.6) is 5.75 Å². The van der Waals surface area contributed by atoms with E-state index in [0.29, 0.717) is 5.92 Å². The number of nitrogens with one attached hydrogen (secondary N) is 1. The van der Waals surface area contributed by atoms with Crippen molar-refractivity contribution in [1.29, 1.82) is 0 Å². The zero-order valence-corrected chi connectivity index (χ0v) is 13.8. The lowest BCUT2D eigenvalue weighted by molar-refractivity contribution is 0.0951. The molecule has 1 atom stereocenters. The highest BCUT2D eigenvalue weighted by Gasteiger charge is 2.25. The van der Waals surface area contributed by atoms with Crippen molar-refractivity contribution < 1.29 is 9.53 Å². The molecular formula is C18H27NO2. The van der Waals surface area contributed by atoms with Crippen LogP contribution in [0.4, 0.5) is 0 Å². The number of Topliss-reactive ketones (excluding diaryl/α,β-unsaturated/α-hetero) is 1. The van der Waals surface area contributed by atoms with Gasteiger partial charge in [0, 0.05) is 5.56 Å². The predicted molar refractivity (Wildman–Crippen MR) is 86.4 cm³/mol. The highest BCUT2D eigenvalue weighted by Crippen LogP contribution is 2.31. The molecule has 3 heteroatoms. The van der Waals surface area contributed by atoms with Gasteiger partial charge in [-0.25, -0.2) is 0 Å². The van der Waals surface area contributed by atoms with E-state index in [-0.39, 0.29) is 17.9 Å². The first-order valence-electron chi connectivity index (χ1n) is 7.99. The SMILES string of the molecule is Cc1cc(OC(C)C)c(C(C)C)cc1C(=O)C1CCCN1. The van der Waals surface area contributed by atoms with Crippen LogP contribution in [0.1, 0.15) is 67.9 Å². The summed E-state index contributed by atoms with van der Waals surface area (Å²) in [6.45, 7) is 11.3. The fourth-order valence-corrected chi connectivity index (χ4v) is 2.87. The van der Waals surface area contributed by atoms with E-state index < -0.39 is 0 Å². The molecule has 1 aromatic rings. The van der Waals surface area contributed by atoms with Crippen molar-refractivity contribution in [2.45, 2.75) is 65.5 Å². The second-order valence-corrected chi connectivity index (χ2v) is 6.54. The molecule has 1 aliphatic rings. The molecule has 0 bridgehead atoms. The van der Waals surface area contributed by atoms with E-state index in [1.165, 1.54) is 0 Å². The highest BCUT2D eigenvalue weighted by atomic mass is 16.5. The van der Waals surface area contributed by atoms with Crippen molar-refractivity contribution in [3.05, 3.63) is 28.8 Å². The standard InChI is InChI=1S/C18H27NO2/c1-11(2)14-10-15(18(20)16-7-6-8-19-16)13(5)9-17(14)21-12(3)4/h9-12,16,19H,6-8H2,1-5H3. The van der Waals surface area contributed by atoms with Crippen molar-refractivity contribution in [3.8, 4) is 5.75 Å². The highest BCUT2D eigenvalue weighted by molar-refractivity contribution is 6.01. The van der Waals surface area contributed by atoms with Crippen LogP contribution in [-0.4, -0.2) is 24.5 Å². The van der Waals surface area contributed by atoms with Crippen molar-refractivity contribution in [2.75, 3.05) is 6.54 Å². The van der Waals surface area contributed by atoms with Gasteiger partial charge in [-0.3, -0.25) is 4.79 Å². The quantitative estimate of drug-likeness (QED) is 0.837. The Morgan fingerprint density at radius 2 is 2.00 bits per heavy atom. The van der Waals surface area contributed by atoms with Crippen molar-refractivity contribution in [1.82, 2.24) is 5.32 Å². The van der Waals surface area contributed by atoms with Crippen LogP contribution in [0, 0.1) is 6.92 Å². The third kappa shape index (κ3) is 3.65. The number of carbonyl (C=O) groups excluding carboxylic acids is 1. The first-order chi connectivity index (χ1) is 9.90. The van der Waals surface area contributed by atoms with Gasteiger partial charge >= 0.3 is 0 Å². The van der Waals surface area contributed by atoms with Crippen LogP contribution >= 0.6 is 0 Å². The molecule has 3 nitrogen and oxygen atoms in total. The number of ketones is 1. The first-order valence-corrected chi connectivity index (χ1v) is 7.99. The predicted octanol–water partition coefficient (Wildman–Crippen LogP) is 3.84. The lowest BCUT2D eigenvalue weighted by Gasteiger charge is -2.20. The molecule has 2 rings (SSSR count). The lowest BCUT2D eigenvalue weighted by atomic mass is 9.92. The van der Waals surface area contributed by atoms with Gasteiger partial charge in [0.1, 0.15) is 5.75 Å². The van der Waals surface area contributed by atoms with Gasteiger partial charge in [-0.1, -0.05) is 13.8 Å². The summed E-state index contributed by atoms with van der Waals surface area (Å²) in [5, 5.41) is 3.30. The number of rotatable bonds is 5. The number of hydrogen-bond donors (Lipinski definition) is 1. The van der Waals surface area contributed by atoms with Crippen LogP contribution in [0.2, 0.25) is 0 Å². The van der Waals surface area contributed by atoms with Crippen LogP contribution in [-0.2, 0) is 0 Å². The number of benzene rings is 1. The number of carbonyl (C=O) groups is 1. The van der Waals surface area contributed by atoms with E-state index in [4.69, 9.17) is 4.74 Å². The van der Waals surface area contributed by atoms with Crippen LogP contribution in [0.3, 0.4) is 0 Å². The number of hydrogen-bond acceptors (Lipinski definition) is 3. The molecule has 0 aromatic heterocycles. The Morgan fingerprint density at radius 1 is 1.29 bits per heavy atom. The molecule has 1 aliphatic heterocycles. The summed E-state index contributed by atoms with van der Waals surface area (Å²) in [6, 6.07) is 4.05. The number of ether oxygens (including phenoxy) is 1.